The van der Waals surface area contributed by atoms with Crippen molar-refractivity contribution in [3.8, 4) is 0 Å². The fourth-order valence-electron chi connectivity index (χ4n) is 8.66. The van der Waals surface area contributed by atoms with E-state index in [4.69, 9.17) is 0 Å². The van der Waals surface area contributed by atoms with Gasteiger partial charge in [-0.2, -0.15) is 0 Å². The van der Waals surface area contributed by atoms with Crippen LogP contribution in [0.1, 0.15) is 99.3 Å². The van der Waals surface area contributed by atoms with E-state index in [0.717, 1.165) is 41.4 Å². The Morgan fingerprint density at radius 2 is 1.83 bits per heavy atom. The lowest BCUT2D eigenvalue weighted by Crippen LogP contribution is -2.50. The molecule has 3 fully saturated rings. The molecule has 0 amide bonds. The molecule has 0 aliphatic heterocycles. The van der Waals surface area contributed by atoms with Crippen molar-refractivity contribution >= 4 is 0 Å². The number of hydrogen-bond donors (Lipinski definition) is 0. The summed E-state index contributed by atoms with van der Waals surface area (Å²) in [6.07, 6.45) is 23.1. The summed E-state index contributed by atoms with van der Waals surface area (Å²) in [7, 11) is 0. The van der Waals surface area contributed by atoms with Crippen LogP contribution < -0.4 is 0 Å². The molecule has 0 saturated heterocycles. The van der Waals surface area contributed by atoms with E-state index in [1.54, 1.807) is 5.57 Å². The Labute approximate surface area is 182 Å². The molecule has 0 heterocycles. The maximum absolute atomic E-state index is 2.70. The number of allylic oxidation sites excluding steroid dienone is 4. The highest BCUT2D eigenvalue weighted by Crippen LogP contribution is 2.67. The van der Waals surface area contributed by atoms with Crippen LogP contribution in [-0.2, 0) is 0 Å². The van der Waals surface area contributed by atoms with Gasteiger partial charge in [-0.05, 0) is 116 Å². The second kappa shape index (κ2) is 8.20. The largest absolute Gasteiger partial charge is 0.0851 e. The van der Waals surface area contributed by atoms with Gasteiger partial charge in [0.15, 0.2) is 0 Å². The van der Waals surface area contributed by atoms with Gasteiger partial charge < -0.3 is 0 Å². The van der Waals surface area contributed by atoms with E-state index in [-0.39, 0.29) is 0 Å². The Morgan fingerprint density at radius 3 is 2.55 bits per heavy atom. The summed E-state index contributed by atoms with van der Waals surface area (Å²) in [6, 6.07) is 0. The standard InChI is InChI=1S/C29H47/c1-7-22(20(2)3)12-11-21(4)25-15-16-26-24-14-13-23-10-8-9-18-28(23,5)27(24)17-19-29(25,26)6/h8,11-13,20-22,24-27H,7,9-10,14-19H2,1-6H3/b12-11+/t21-,22-,24+,25-,26+,27+,28+,29-/m1/s1. The molecule has 0 N–H and O–H groups in total. The van der Waals surface area contributed by atoms with Gasteiger partial charge in [0, 0.05) is 0 Å². The lowest BCUT2D eigenvalue weighted by Gasteiger charge is -2.58. The van der Waals surface area contributed by atoms with Crippen molar-refractivity contribution in [2.45, 2.75) is 99.3 Å². The molecule has 29 heavy (non-hydrogen) atoms. The molecule has 4 aliphatic carbocycles. The molecular formula is C29H47. The third-order valence-electron chi connectivity index (χ3n) is 10.6. The fraction of sp³-hybridized carbons (Fsp3) is 0.828. The molecule has 0 unspecified atom stereocenters. The summed E-state index contributed by atoms with van der Waals surface area (Å²) in [5, 5.41) is 0. The van der Waals surface area contributed by atoms with Crippen LogP contribution in [0.15, 0.2) is 23.8 Å². The van der Waals surface area contributed by atoms with E-state index >= 15 is 0 Å². The van der Waals surface area contributed by atoms with Gasteiger partial charge in [0.1, 0.15) is 0 Å². The van der Waals surface area contributed by atoms with Gasteiger partial charge in [-0.1, -0.05) is 65.3 Å². The second-order valence-corrected chi connectivity index (χ2v) is 12.1. The monoisotopic (exact) mass is 395 g/mol. The number of rotatable bonds is 5. The van der Waals surface area contributed by atoms with Crippen molar-refractivity contribution in [3.05, 3.63) is 30.2 Å². The molecule has 163 valence electrons. The molecule has 0 aromatic carbocycles. The fourth-order valence-corrected chi connectivity index (χ4v) is 8.66. The van der Waals surface area contributed by atoms with E-state index in [9.17, 15) is 0 Å². The third kappa shape index (κ3) is 3.59. The van der Waals surface area contributed by atoms with Crippen molar-refractivity contribution in [3.63, 3.8) is 0 Å². The van der Waals surface area contributed by atoms with Crippen molar-refractivity contribution < 1.29 is 0 Å². The van der Waals surface area contributed by atoms with Crippen LogP contribution >= 0.6 is 0 Å². The van der Waals surface area contributed by atoms with Crippen molar-refractivity contribution in [1.29, 1.82) is 0 Å². The summed E-state index contributed by atoms with van der Waals surface area (Å²) in [5.41, 5.74) is 2.90. The molecule has 0 bridgehead atoms. The molecule has 4 rings (SSSR count). The van der Waals surface area contributed by atoms with Crippen LogP contribution in [0.4, 0.5) is 0 Å². The first kappa shape index (κ1) is 21.7. The summed E-state index contributed by atoms with van der Waals surface area (Å²) >= 11 is 0. The Bertz CT molecular complexity index is 638. The number of fused-ring (bicyclic) bond motifs is 5. The third-order valence-corrected chi connectivity index (χ3v) is 10.6. The quantitative estimate of drug-likeness (QED) is 0.408. The zero-order valence-corrected chi connectivity index (χ0v) is 20.2. The normalized spacial score (nSPS) is 44.2. The zero-order valence-electron chi connectivity index (χ0n) is 20.2. The molecule has 1 radical (unpaired) electrons. The summed E-state index contributed by atoms with van der Waals surface area (Å²) in [4.78, 5) is 0. The average molecular weight is 396 g/mol. The van der Waals surface area contributed by atoms with Crippen molar-refractivity contribution in [2.75, 3.05) is 0 Å². The van der Waals surface area contributed by atoms with E-state index in [0.29, 0.717) is 10.8 Å². The minimum Gasteiger partial charge on any atom is -0.0851 e. The smallest absolute Gasteiger partial charge is 0.00851 e. The summed E-state index contributed by atoms with van der Waals surface area (Å²) in [6.45, 7) is 15.0. The minimum absolute atomic E-state index is 0.522. The SMILES string of the molecule is CC[C@H](/C=C/[C@@H](C)[C@H]1CC[C@H]2[C@@H]3CC=C4C[CH]CC[C@]4(C)[C@H]3CC[C@]12C)C(C)C. The minimum atomic E-state index is 0.522. The highest BCUT2D eigenvalue weighted by atomic mass is 14.6. The maximum Gasteiger partial charge on any atom is -0.00851 e. The predicted octanol–water partition coefficient (Wildman–Crippen LogP) is 8.64. The molecule has 0 aromatic rings. The average Bonchev–Trinajstić information content (AvgIpc) is 3.05. The Kier molecular flexibility index (Phi) is 6.14. The van der Waals surface area contributed by atoms with Crippen LogP contribution in [0.5, 0.6) is 0 Å². The first-order valence-corrected chi connectivity index (χ1v) is 13.0. The first-order chi connectivity index (χ1) is 13.8. The van der Waals surface area contributed by atoms with Crippen LogP contribution in [0, 0.1) is 58.7 Å². The van der Waals surface area contributed by atoms with Gasteiger partial charge >= 0.3 is 0 Å². The van der Waals surface area contributed by atoms with Gasteiger partial charge in [-0.15, -0.1) is 0 Å². The van der Waals surface area contributed by atoms with Crippen LogP contribution in [0.3, 0.4) is 0 Å². The second-order valence-electron chi connectivity index (χ2n) is 12.1. The van der Waals surface area contributed by atoms with Gasteiger partial charge in [0.2, 0.25) is 0 Å². The van der Waals surface area contributed by atoms with Crippen LogP contribution in [0.2, 0.25) is 0 Å². The molecular weight excluding hydrogens is 348 g/mol. The highest BCUT2D eigenvalue weighted by molar-refractivity contribution is 5.26. The molecule has 4 aliphatic rings. The lowest BCUT2D eigenvalue weighted by molar-refractivity contribution is -0.0444. The van der Waals surface area contributed by atoms with Crippen molar-refractivity contribution in [2.24, 2.45) is 52.3 Å². The van der Waals surface area contributed by atoms with E-state index in [2.05, 4.69) is 66.2 Å². The molecule has 8 atom stereocenters. The van der Waals surface area contributed by atoms with E-state index in [1.165, 1.54) is 57.8 Å². The number of hydrogen-bond acceptors (Lipinski definition) is 0. The lowest BCUT2D eigenvalue weighted by atomic mass is 9.47. The molecule has 3 saturated carbocycles. The first-order valence-electron chi connectivity index (χ1n) is 13.0. The molecule has 0 aromatic heterocycles. The van der Waals surface area contributed by atoms with Gasteiger partial charge in [-0.25, -0.2) is 0 Å². The Balaban J connectivity index is 1.52. The van der Waals surface area contributed by atoms with Gasteiger partial charge in [0.05, 0.1) is 0 Å². The molecule has 0 nitrogen and oxygen atoms in total. The van der Waals surface area contributed by atoms with Crippen molar-refractivity contribution in [1.82, 2.24) is 0 Å². The Morgan fingerprint density at radius 1 is 1.03 bits per heavy atom. The van der Waals surface area contributed by atoms with E-state index in [1.807, 2.05) is 0 Å². The Hall–Kier alpha value is -0.520. The molecule has 0 heteroatoms. The topological polar surface area (TPSA) is 0 Å². The molecule has 0 spiro atoms. The van der Waals surface area contributed by atoms with Gasteiger partial charge in [-0.3, -0.25) is 0 Å². The van der Waals surface area contributed by atoms with Gasteiger partial charge in [0.25, 0.3) is 0 Å². The summed E-state index contributed by atoms with van der Waals surface area (Å²) in [5.74, 6) is 6.04. The van der Waals surface area contributed by atoms with Crippen LogP contribution in [-0.4, -0.2) is 0 Å². The summed E-state index contributed by atoms with van der Waals surface area (Å²) < 4.78 is 0. The van der Waals surface area contributed by atoms with Crippen LogP contribution in [0.25, 0.3) is 0 Å². The zero-order chi connectivity index (χ0) is 20.8. The maximum atomic E-state index is 2.70. The highest BCUT2D eigenvalue weighted by Gasteiger charge is 2.58. The van der Waals surface area contributed by atoms with E-state index < -0.39 is 0 Å². The predicted molar refractivity (Wildman–Crippen MR) is 126 cm³/mol.